The fourth-order valence-electron chi connectivity index (χ4n) is 1.12. The van der Waals surface area contributed by atoms with E-state index in [2.05, 4.69) is 33.5 Å². The molecule has 0 fully saturated rings. The van der Waals surface area contributed by atoms with Gasteiger partial charge >= 0.3 is 0 Å². The van der Waals surface area contributed by atoms with Gasteiger partial charge in [0.15, 0.2) is 0 Å². The molecule has 2 rings (SSSR count). The molecule has 58 valence electrons. The van der Waals surface area contributed by atoms with Crippen molar-refractivity contribution >= 4 is 16.6 Å². The highest BCUT2D eigenvalue weighted by Crippen LogP contribution is 2.20. The third-order valence-corrected chi connectivity index (χ3v) is 2.74. The fourth-order valence-corrected chi connectivity index (χ4v) is 2.03. The Kier molecular flexibility index (Phi) is 1.66. The minimum atomic E-state index is 0.0234. The Morgan fingerprint density at radius 2 is 2.27 bits per heavy atom. The Hall–Kier alpha value is -0.830. The van der Waals surface area contributed by atoms with E-state index >= 15 is 0 Å². The van der Waals surface area contributed by atoms with Crippen LogP contribution in [0.5, 0.6) is 0 Å². The smallest absolute Gasteiger partial charge is 0.0748 e. The quantitative estimate of drug-likeness (QED) is 0.626. The summed E-state index contributed by atoms with van der Waals surface area (Å²) in [6.45, 7) is 0.864. The second-order valence-electron chi connectivity index (χ2n) is 2.52. The molecule has 1 aromatic rings. The lowest BCUT2D eigenvalue weighted by Crippen LogP contribution is -2.08. The Labute approximate surface area is 68.9 Å². The second-order valence-corrected chi connectivity index (χ2v) is 3.94. The molecule has 0 amide bonds. The van der Waals surface area contributed by atoms with E-state index in [0.29, 0.717) is 0 Å². The van der Waals surface area contributed by atoms with E-state index in [1.54, 1.807) is 0 Å². The Morgan fingerprint density at radius 1 is 1.45 bits per heavy atom. The number of benzene rings is 1. The molecule has 1 atom stereocenters. The van der Waals surface area contributed by atoms with Gasteiger partial charge < -0.3 is 4.72 Å². The van der Waals surface area contributed by atoms with Gasteiger partial charge in [-0.2, -0.15) is 0 Å². The molecule has 0 saturated heterocycles. The van der Waals surface area contributed by atoms with Crippen molar-refractivity contribution in [3.8, 4) is 0 Å². The largest absolute Gasteiger partial charge is 0.322 e. The minimum absolute atomic E-state index is 0.0234. The first-order valence-electron chi connectivity index (χ1n) is 3.54. The fraction of sp³-hybridized carbons (Fsp3) is 0.250. The molecule has 0 bridgehead atoms. The van der Waals surface area contributed by atoms with Crippen LogP contribution in [0.4, 0.5) is 5.69 Å². The van der Waals surface area contributed by atoms with Crippen LogP contribution in [0.1, 0.15) is 5.56 Å². The zero-order valence-electron chi connectivity index (χ0n) is 6.37. The maximum absolute atomic E-state index is 4.39. The van der Waals surface area contributed by atoms with Crippen molar-refractivity contribution < 1.29 is 0 Å². The summed E-state index contributed by atoms with van der Waals surface area (Å²) in [6.07, 6.45) is 2.09. The highest BCUT2D eigenvalue weighted by molar-refractivity contribution is 7.87. The molecule has 3 heteroatoms. The highest BCUT2D eigenvalue weighted by Gasteiger charge is 2.04. The number of hydrogen-bond donors (Lipinski definition) is 1. The Balaban J connectivity index is 2.42. The van der Waals surface area contributed by atoms with Gasteiger partial charge in [-0.25, -0.2) is 4.36 Å². The number of nitrogens with zero attached hydrogens (tertiary/aromatic N) is 1. The molecule has 1 aliphatic rings. The SMILES string of the molecule is CS1=NCc2ccccc2N1. The zero-order valence-corrected chi connectivity index (χ0v) is 7.19. The van der Waals surface area contributed by atoms with Gasteiger partial charge in [-0.1, -0.05) is 18.2 Å². The van der Waals surface area contributed by atoms with E-state index in [1.165, 1.54) is 11.3 Å². The minimum Gasteiger partial charge on any atom is -0.322 e. The van der Waals surface area contributed by atoms with Crippen LogP contribution < -0.4 is 4.72 Å². The molecule has 0 spiro atoms. The van der Waals surface area contributed by atoms with E-state index in [-0.39, 0.29) is 10.9 Å². The van der Waals surface area contributed by atoms with Gasteiger partial charge in [0.1, 0.15) is 0 Å². The topological polar surface area (TPSA) is 24.4 Å². The summed E-state index contributed by atoms with van der Waals surface area (Å²) >= 11 is 0. The molecule has 1 unspecified atom stereocenters. The molecule has 1 heterocycles. The number of nitrogens with one attached hydrogen (secondary N) is 1. The average Bonchev–Trinajstić information content (AvgIpc) is 2.04. The lowest BCUT2D eigenvalue weighted by molar-refractivity contribution is 1.08. The van der Waals surface area contributed by atoms with Crippen LogP contribution in [0.3, 0.4) is 0 Å². The van der Waals surface area contributed by atoms with Gasteiger partial charge in [0.25, 0.3) is 0 Å². The van der Waals surface area contributed by atoms with Crippen LogP contribution in [0.2, 0.25) is 0 Å². The van der Waals surface area contributed by atoms with Crippen LogP contribution in [0.15, 0.2) is 28.6 Å². The Bertz CT molecular complexity index is 307. The third-order valence-electron chi connectivity index (χ3n) is 1.70. The summed E-state index contributed by atoms with van der Waals surface area (Å²) in [4.78, 5) is 0. The zero-order chi connectivity index (χ0) is 7.68. The molecule has 1 N–H and O–H groups in total. The van der Waals surface area contributed by atoms with Crippen LogP contribution in [-0.4, -0.2) is 6.26 Å². The van der Waals surface area contributed by atoms with Crippen molar-refractivity contribution in [2.45, 2.75) is 6.54 Å². The summed E-state index contributed by atoms with van der Waals surface area (Å²) < 4.78 is 7.71. The van der Waals surface area contributed by atoms with Gasteiger partial charge in [0, 0.05) is 11.9 Å². The van der Waals surface area contributed by atoms with Gasteiger partial charge in [0.05, 0.1) is 6.54 Å². The number of para-hydroxylation sites is 1. The summed E-state index contributed by atoms with van der Waals surface area (Å²) in [5, 5.41) is 0. The van der Waals surface area contributed by atoms with Crippen LogP contribution in [0.25, 0.3) is 0 Å². The van der Waals surface area contributed by atoms with Crippen molar-refractivity contribution in [1.29, 1.82) is 0 Å². The van der Waals surface area contributed by atoms with Gasteiger partial charge in [-0.3, -0.25) is 0 Å². The standard InChI is InChI=1S/C8H10N2S/c1-11-9-6-7-4-2-3-5-8(7)10-11/h2-5H,6H2,1H3,(H,9,10). The first-order valence-corrected chi connectivity index (χ1v) is 5.13. The summed E-state index contributed by atoms with van der Waals surface area (Å²) in [5.41, 5.74) is 2.55. The number of hydrogen-bond acceptors (Lipinski definition) is 2. The van der Waals surface area contributed by atoms with Gasteiger partial charge in [-0.05, 0) is 22.5 Å². The van der Waals surface area contributed by atoms with Crippen molar-refractivity contribution in [2.75, 3.05) is 11.0 Å². The van der Waals surface area contributed by atoms with Crippen LogP contribution >= 0.6 is 0 Å². The number of fused-ring (bicyclic) bond motifs is 1. The second kappa shape index (κ2) is 2.66. The van der Waals surface area contributed by atoms with Crippen molar-refractivity contribution in [3.05, 3.63) is 29.8 Å². The summed E-state index contributed by atoms with van der Waals surface area (Å²) in [7, 11) is 0.0234. The van der Waals surface area contributed by atoms with Crippen molar-refractivity contribution in [1.82, 2.24) is 0 Å². The summed E-state index contributed by atoms with van der Waals surface area (Å²) in [5.74, 6) is 0. The molecule has 0 saturated carbocycles. The molecule has 11 heavy (non-hydrogen) atoms. The highest BCUT2D eigenvalue weighted by atomic mass is 32.2. The predicted molar refractivity (Wildman–Crippen MR) is 49.5 cm³/mol. The average molecular weight is 166 g/mol. The molecule has 1 aliphatic heterocycles. The lowest BCUT2D eigenvalue weighted by Gasteiger charge is -2.15. The molecule has 1 aromatic carbocycles. The molecule has 0 aliphatic carbocycles. The van der Waals surface area contributed by atoms with Crippen molar-refractivity contribution in [2.24, 2.45) is 4.36 Å². The van der Waals surface area contributed by atoms with E-state index in [1.807, 2.05) is 6.07 Å². The van der Waals surface area contributed by atoms with Gasteiger partial charge in [0.2, 0.25) is 0 Å². The molecule has 2 nitrogen and oxygen atoms in total. The monoisotopic (exact) mass is 166 g/mol. The first kappa shape index (κ1) is 6.85. The molecule has 0 radical (unpaired) electrons. The number of anilines is 1. The van der Waals surface area contributed by atoms with Gasteiger partial charge in [-0.15, -0.1) is 0 Å². The third kappa shape index (κ3) is 1.28. The van der Waals surface area contributed by atoms with Crippen LogP contribution in [-0.2, 0) is 17.4 Å². The summed E-state index contributed by atoms with van der Waals surface area (Å²) in [6, 6.07) is 8.32. The molecule has 0 aromatic heterocycles. The maximum Gasteiger partial charge on any atom is 0.0748 e. The Morgan fingerprint density at radius 3 is 3.18 bits per heavy atom. The normalized spacial score (nSPS) is 21.4. The van der Waals surface area contributed by atoms with Crippen LogP contribution in [0, 0.1) is 0 Å². The first-order chi connectivity index (χ1) is 5.36. The predicted octanol–water partition coefficient (Wildman–Crippen LogP) is 1.96. The van der Waals surface area contributed by atoms with E-state index < -0.39 is 0 Å². The van der Waals surface area contributed by atoms with E-state index in [9.17, 15) is 0 Å². The maximum atomic E-state index is 4.39. The van der Waals surface area contributed by atoms with E-state index in [0.717, 1.165) is 6.54 Å². The number of rotatable bonds is 0. The van der Waals surface area contributed by atoms with Crippen molar-refractivity contribution in [3.63, 3.8) is 0 Å². The molecular weight excluding hydrogens is 156 g/mol. The lowest BCUT2D eigenvalue weighted by atomic mass is 10.2. The molecular formula is C8H10N2S. The van der Waals surface area contributed by atoms with E-state index in [4.69, 9.17) is 0 Å².